The molecule has 6 heteroatoms. The Morgan fingerprint density at radius 3 is 2.78 bits per heavy atom. The highest BCUT2D eigenvalue weighted by Crippen LogP contribution is 2.21. The first kappa shape index (κ1) is 14.9. The van der Waals surface area contributed by atoms with Crippen LogP contribution >= 0.6 is 11.7 Å². The van der Waals surface area contributed by atoms with Crippen molar-refractivity contribution in [2.24, 2.45) is 0 Å². The molecule has 112 valence electrons. The van der Waals surface area contributed by atoms with Crippen LogP contribution in [0.3, 0.4) is 0 Å². The van der Waals surface area contributed by atoms with Crippen LogP contribution in [0.15, 0.2) is 55.0 Å². The largest absolute Gasteiger partial charge is 0.302 e. The molecule has 3 aromatic rings. The van der Waals surface area contributed by atoms with Gasteiger partial charge in [0.15, 0.2) is 5.69 Å². The zero-order valence-corrected chi connectivity index (χ0v) is 12.9. The van der Waals surface area contributed by atoms with Gasteiger partial charge in [-0.25, -0.2) is 0 Å². The van der Waals surface area contributed by atoms with E-state index in [0.29, 0.717) is 17.8 Å². The molecule has 3 rings (SSSR count). The van der Waals surface area contributed by atoms with Gasteiger partial charge in [0.05, 0.1) is 24.5 Å². The third-order valence-corrected chi connectivity index (χ3v) is 3.72. The van der Waals surface area contributed by atoms with Crippen LogP contribution in [0.4, 0.5) is 5.69 Å². The molecule has 0 fully saturated rings. The maximum Gasteiger partial charge on any atom is 0.279 e. The summed E-state index contributed by atoms with van der Waals surface area (Å²) in [6, 6.07) is 11.0. The van der Waals surface area contributed by atoms with Gasteiger partial charge >= 0.3 is 0 Å². The fourth-order valence-electron chi connectivity index (χ4n) is 2.11. The lowest BCUT2D eigenvalue weighted by atomic mass is 10.1. The Balaban J connectivity index is 1.99. The minimum absolute atomic E-state index is 0.218. The highest BCUT2D eigenvalue weighted by atomic mass is 32.1. The zero-order valence-electron chi connectivity index (χ0n) is 12.1. The van der Waals surface area contributed by atoms with E-state index in [2.05, 4.69) is 19.7 Å². The maximum absolute atomic E-state index is 12.8. The summed E-state index contributed by atoms with van der Waals surface area (Å²) in [6.07, 6.45) is 10.3. The number of amides is 1. The second-order valence-electron chi connectivity index (χ2n) is 4.73. The molecule has 0 unspecified atom stereocenters. The van der Waals surface area contributed by atoms with E-state index >= 15 is 0 Å². The predicted molar refractivity (Wildman–Crippen MR) is 89.0 cm³/mol. The predicted octanol–water partition coefficient (Wildman–Crippen LogP) is 2.76. The van der Waals surface area contributed by atoms with Gasteiger partial charge in [0.1, 0.15) is 0 Å². The van der Waals surface area contributed by atoms with Crippen molar-refractivity contribution in [3.63, 3.8) is 0 Å². The molecule has 0 atom stereocenters. The Morgan fingerprint density at radius 1 is 1.26 bits per heavy atom. The molecule has 2 aromatic heterocycles. The summed E-state index contributed by atoms with van der Waals surface area (Å²) in [6.45, 7) is 0.396. The number of terminal acetylenes is 1. The molecule has 0 aliphatic rings. The van der Waals surface area contributed by atoms with Gasteiger partial charge in [0.2, 0.25) is 0 Å². The van der Waals surface area contributed by atoms with E-state index in [0.717, 1.165) is 23.0 Å². The lowest BCUT2D eigenvalue weighted by Crippen LogP contribution is -2.30. The standard InChI is InChI=1S/C17H12N4OS/c1-2-13-4-3-5-15(10-13)21(12-14-6-8-18-9-7-14)17(22)16-11-19-23-20-16/h1,3-11H,12H2. The van der Waals surface area contributed by atoms with E-state index in [1.165, 1.54) is 6.20 Å². The van der Waals surface area contributed by atoms with Gasteiger partial charge in [-0.3, -0.25) is 9.78 Å². The minimum atomic E-state index is -0.218. The van der Waals surface area contributed by atoms with Gasteiger partial charge < -0.3 is 4.90 Å². The number of rotatable bonds is 4. The van der Waals surface area contributed by atoms with Crippen LogP contribution in [0.1, 0.15) is 21.6 Å². The molecule has 23 heavy (non-hydrogen) atoms. The molecule has 0 aliphatic heterocycles. The number of benzene rings is 1. The Hall–Kier alpha value is -3.04. The van der Waals surface area contributed by atoms with Crippen molar-refractivity contribution in [2.45, 2.75) is 6.54 Å². The van der Waals surface area contributed by atoms with Gasteiger partial charge in [-0.05, 0) is 35.9 Å². The lowest BCUT2D eigenvalue weighted by Gasteiger charge is -2.22. The fourth-order valence-corrected chi connectivity index (χ4v) is 2.52. The summed E-state index contributed by atoms with van der Waals surface area (Å²) in [7, 11) is 0. The molecule has 0 saturated carbocycles. The first-order chi connectivity index (χ1) is 11.3. The van der Waals surface area contributed by atoms with Crippen molar-refractivity contribution in [1.82, 2.24) is 13.7 Å². The number of hydrogen-bond acceptors (Lipinski definition) is 5. The molecule has 0 bridgehead atoms. The Bertz CT molecular complexity index is 841. The number of carbonyl (C=O) groups is 1. The van der Waals surface area contributed by atoms with Crippen molar-refractivity contribution in [3.8, 4) is 12.3 Å². The number of anilines is 1. The van der Waals surface area contributed by atoms with E-state index in [4.69, 9.17) is 6.42 Å². The van der Waals surface area contributed by atoms with Gasteiger partial charge in [-0.15, -0.1) is 6.42 Å². The van der Waals surface area contributed by atoms with Crippen molar-refractivity contribution in [3.05, 3.63) is 71.8 Å². The van der Waals surface area contributed by atoms with Crippen molar-refractivity contribution in [2.75, 3.05) is 4.90 Å². The van der Waals surface area contributed by atoms with Crippen LogP contribution in [0, 0.1) is 12.3 Å². The summed E-state index contributed by atoms with van der Waals surface area (Å²) in [4.78, 5) is 18.4. The molecule has 0 spiro atoms. The van der Waals surface area contributed by atoms with E-state index in [1.54, 1.807) is 23.4 Å². The number of hydrogen-bond donors (Lipinski definition) is 0. The average Bonchev–Trinajstić information content (AvgIpc) is 3.15. The number of carbonyl (C=O) groups excluding carboxylic acids is 1. The number of pyridine rings is 1. The third kappa shape index (κ3) is 3.42. The Morgan fingerprint density at radius 2 is 2.09 bits per heavy atom. The van der Waals surface area contributed by atoms with E-state index in [9.17, 15) is 4.79 Å². The van der Waals surface area contributed by atoms with Crippen molar-refractivity contribution >= 4 is 23.3 Å². The number of aromatic nitrogens is 3. The van der Waals surface area contributed by atoms with Crippen LogP contribution in [0.2, 0.25) is 0 Å². The third-order valence-electron chi connectivity index (χ3n) is 3.24. The van der Waals surface area contributed by atoms with Gasteiger partial charge in [0, 0.05) is 23.6 Å². The smallest absolute Gasteiger partial charge is 0.279 e. The first-order valence-corrected chi connectivity index (χ1v) is 7.56. The van der Waals surface area contributed by atoms with Gasteiger partial charge in [0.25, 0.3) is 5.91 Å². The number of nitrogens with zero attached hydrogens (tertiary/aromatic N) is 4. The monoisotopic (exact) mass is 320 g/mol. The molecule has 1 aromatic carbocycles. The Kier molecular flexibility index (Phi) is 4.41. The maximum atomic E-state index is 12.8. The van der Waals surface area contributed by atoms with Crippen LogP contribution in [-0.2, 0) is 6.54 Å². The second kappa shape index (κ2) is 6.81. The quantitative estimate of drug-likeness (QED) is 0.694. The normalized spacial score (nSPS) is 10.0. The summed E-state index contributed by atoms with van der Waals surface area (Å²) >= 11 is 1.00. The molecule has 1 amide bonds. The summed E-state index contributed by atoms with van der Waals surface area (Å²) in [5.41, 5.74) is 2.71. The van der Waals surface area contributed by atoms with Crippen LogP contribution in [0.25, 0.3) is 0 Å². The van der Waals surface area contributed by atoms with Crippen LogP contribution in [-0.4, -0.2) is 19.6 Å². The fraction of sp³-hybridized carbons (Fsp3) is 0.0588. The molecule has 0 saturated heterocycles. The molecule has 2 heterocycles. The first-order valence-electron chi connectivity index (χ1n) is 6.83. The van der Waals surface area contributed by atoms with E-state index < -0.39 is 0 Å². The second-order valence-corrected chi connectivity index (χ2v) is 5.29. The van der Waals surface area contributed by atoms with Crippen LogP contribution < -0.4 is 4.90 Å². The average molecular weight is 320 g/mol. The van der Waals surface area contributed by atoms with Crippen LogP contribution in [0.5, 0.6) is 0 Å². The molecule has 0 N–H and O–H groups in total. The highest BCUT2D eigenvalue weighted by Gasteiger charge is 2.20. The van der Waals surface area contributed by atoms with Gasteiger partial charge in [-0.2, -0.15) is 8.75 Å². The van der Waals surface area contributed by atoms with Gasteiger partial charge in [-0.1, -0.05) is 12.0 Å². The zero-order chi connectivity index (χ0) is 16.1. The van der Waals surface area contributed by atoms with E-state index in [1.807, 2.05) is 30.3 Å². The highest BCUT2D eigenvalue weighted by molar-refractivity contribution is 6.99. The Labute approximate surface area is 138 Å². The minimum Gasteiger partial charge on any atom is -0.302 e. The van der Waals surface area contributed by atoms with Crippen molar-refractivity contribution < 1.29 is 4.79 Å². The molecule has 5 nitrogen and oxygen atoms in total. The molecular weight excluding hydrogens is 308 g/mol. The lowest BCUT2D eigenvalue weighted by molar-refractivity contribution is 0.0981. The summed E-state index contributed by atoms with van der Waals surface area (Å²) in [5.74, 6) is 2.37. The van der Waals surface area contributed by atoms with E-state index in [-0.39, 0.29) is 5.91 Å². The molecular formula is C17H12N4OS. The molecule has 0 aliphatic carbocycles. The molecule has 0 radical (unpaired) electrons. The summed E-state index contributed by atoms with van der Waals surface area (Å²) < 4.78 is 7.93. The SMILES string of the molecule is C#Cc1cccc(N(Cc2ccncc2)C(=O)c2cnsn2)c1. The topological polar surface area (TPSA) is 59.0 Å². The van der Waals surface area contributed by atoms with Crippen molar-refractivity contribution in [1.29, 1.82) is 0 Å². The summed E-state index contributed by atoms with van der Waals surface area (Å²) in [5, 5.41) is 0.